The lowest BCUT2D eigenvalue weighted by Gasteiger charge is -2.26. The van der Waals surface area contributed by atoms with Gasteiger partial charge in [0.2, 0.25) is 0 Å². The smallest absolute Gasteiger partial charge is 0.418 e. The Morgan fingerprint density at radius 1 is 0.950 bits per heavy atom. The van der Waals surface area contributed by atoms with Crippen LogP contribution in [-0.4, -0.2) is 47.4 Å². The molecule has 1 aliphatic rings. The van der Waals surface area contributed by atoms with Crippen molar-refractivity contribution in [3.63, 3.8) is 0 Å². The maximum absolute atomic E-state index is 15.5. The predicted molar refractivity (Wildman–Crippen MR) is 152 cm³/mol. The van der Waals surface area contributed by atoms with Gasteiger partial charge in [-0.2, -0.15) is 13.2 Å². The summed E-state index contributed by atoms with van der Waals surface area (Å²) in [5.41, 5.74) is 0.625. The molecule has 40 heavy (non-hydrogen) atoms. The number of para-hydroxylation sites is 1. The quantitative estimate of drug-likeness (QED) is 0.307. The first-order valence-corrected chi connectivity index (χ1v) is 13.4. The summed E-state index contributed by atoms with van der Waals surface area (Å²) in [7, 11) is 1.88. The summed E-state index contributed by atoms with van der Waals surface area (Å²) in [6.07, 6.45) is -5.27. The molecule has 3 aromatic rings. The van der Waals surface area contributed by atoms with Crippen LogP contribution in [0.4, 0.5) is 28.9 Å². The average Bonchev–Trinajstić information content (AvgIpc) is 3.10. The number of rotatable bonds is 5. The van der Waals surface area contributed by atoms with Gasteiger partial charge in [0.05, 0.1) is 5.56 Å². The van der Waals surface area contributed by atoms with E-state index in [4.69, 9.17) is 0 Å². The van der Waals surface area contributed by atoms with E-state index in [0.29, 0.717) is 30.9 Å². The van der Waals surface area contributed by atoms with Gasteiger partial charge in [0.1, 0.15) is 5.82 Å². The molecule has 0 fully saturated rings. The van der Waals surface area contributed by atoms with Gasteiger partial charge in [0.25, 0.3) is 0 Å². The van der Waals surface area contributed by atoms with Crippen LogP contribution >= 0.6 is 0 Å². The fourth-order valence-corrected chi connectivity index (χ4v) is 4.17. The molecule has 3 aromatic carbocycles. The molecule has 0 bridgehead atoms. The van der Waals surface area contributed by atoms with Crippen molar-refractivity contribution in [2.45, 2.75) is 59.4 Å². The number of fused-ring (bicyclic) bond motifs is 1. The second-order valence-electron chi connectivity index (χ2n) is 9.24. The maximum Gasteiger partial charge on any atom is 0.418 e. The predicted octanol–water partition coefficient (Wildman–Crippen LogP) is 8.20. The largest absolute Gasteiger partial charge is 0.478 e. The standard InChI is InChI=1S/C25H22F4N2O3.C4H10.C2H6/c1-30-9-10-31(17-5-3-2-4-6-17)22-13-21(26)20(12-16(22)14-30)19-11-15(24(33)34)7-8-18(19)23(32)25(27,28)29;1-3-4-2;1-2/h2-8,11-13,23,32H,9-10,14H2,1H3,(H,33,34);3-4H2,1-2H3;1-2H3. The van der Waals surface area contributed by atoms with Crippen molar-refractivity contribution in [1.29, 1.82) is 0 Å². The molecule has 0 saturated carbocycles. The first-order valence-electron chi connectivity index (χ1n) is 13.4. The Morgan fingerprint density at radius 3 is 2.12 bits per heavy atom. The zero-order chi connectivity index (χ0) is 30.0. The number of unbranched alkanes of at least 4 members (excludes halogenated alkanes) is 1. The summed E-state index contributed by atoms with van der Waals surface area (Å²) in [5, 5.41) is 19.3. The van der Waals surface area contributed by atoms with Gasteiger partial charge >= 0.3 is 12.1 Å². The lowest BCUT2D eigenvalue weighted by atomic mass is 9.91. The molecule has 5 nitrogen and oxygen atoms in total. The van der Waals surface area contributed by atoms with Crippen molar-refractivity contribution in [1.82, 2.24) is 4.90 Å². The minimum atomic E-state index is -5.01. The zero-order valence-electron chi connectivity index (χ0n) is 23.6. The van der Waals surface area contributed by atoms with Crippen molar-refractivity contribution < 1.29 is 32.6 Å². The molecular weight excluding hydrogens is 524 g/mol. The van der Waals surface area contributed by atoms with Gasteiger partial charge < -0.3 is 20.0 Å². The molecule has 218 valence electrons. The van der Waals surface area contributed by atoms with Crippen molar-refractivity contribution >= 4 is 17.3 Å². The van der Waals surface area contributed by atoms with Gasteiger partial charge in [-0.15, -0.1) is 0 Å². The molecule has 0 aromatic heterocycles. The lowest BCUT2D eigenvalue weighted by Crippen LogP contribution is -2.26. The van der Waals surface area contributed by atoms with Crippen molar-refractivity contribution in [2.75, 3.05) is 25.0 Å². The molecule has 0 spiro atoms. The number of aliphatic hydroxyl groups is 1. The molecule has 1 unspecified atom stereocenters. The molecule has 0 radical (unpaired) electrons. The highest BCUT2D eigenvalue weighted by molar-refractivity contribution is 5.90. The first-order chi connectivity index (χ1) is 19.0. The minimum absolute atomic E-state index is 0.205. The molecule has 1 atom stereocenters. The Labute approximate surface area is 233 Å². The fourth-order valence-electron chi connectivity index (χ4n) is 4.17. The van der Waals surface area contributed by atoms with E-state index in [1.807, 2.05) is 61.0 Å². The average molecular weight is 563 g/mol. The number of aliphatic hydroxyl groups excluding tert-OH is 1. The number of hydrogen-bond donors (Lipinski definition) is 2. The number of halogens is 4. The van der Waals surface area contributed by atoms with Gasteiger partial charge in [-0.3, -0.25) is 0 Å². The number of aromatic carboxylic acids is 1. The highest BCUT2D eigenvalue weighted by Gasteiger charge is 2.41. The van der Waals surface area contributed by atoms with E-state index in [1.165, 1.54) is 25.0 Å². The molecule has 1 heterocycles. The monoisotopic (exact) mass is 562 g/mol. The second-order valence-corrected chi connectivity index (χ2v) is 9.24. The Balaban J connectivity index is 0.000000858. The molecular formula is C31H38F4N2O3. The van der Waals surface area contributed by atoms with E-state index in [2.05, 4.69) is 13.8 Å². The van der Waals surface area contributed by atoms with Gasteiger partial charge in [-0.25, -0.2) is 9.18 Å². The van der Waals surface area contributed by atoms with Crippen LogP contribution in [0.15, 0.2) is 60.7 Å². The van der Waals surface area contributed by atoms with Crippen molar-refractivity contribution in [3.8, 4) is 11.1 Å². The summed E-state index contributed by atoms with van der Waals surface area (Å²) in [5.74, 6) is -2.19. The van der Waals surface area contributed by atoms with E-state index in [0.717, 1.165) is 23.9 Å². The molecule has 0 amide bonds. The van der Waals surface area contributed by atoms with E-state index >= 15 is 4.39 Å². The number of carboxylic acids is 1. The maximum atomic E-state index is 15.5. The summed E-state index contributed by atoms with van der Waals surface area (Å²) in [6, 6.07) is 14.8. The van der Waals surface area contributed by atoms with Crippen molar-refractivity contribution in [3.05, 3.63) is 83.2 Å². The first kappa shape index (κ1) is 32.8. The van der Waals surface area contributed by atoms with Crippen LogP contribution in [0.1, 0.15) is 68.1 Å². The highest BCUT2D eigenvalue weighted by atomic mass is 19.4. The lowest BCUT2D eigenvalue weighted by molar-refractivity contribution is -0.206. The Hall–Kier alpha value is -3.43. The van der Waals surface area contributed by atoms with Crippen LogP contribution in [0, 0.1) is 5.82 Å². The van der Waals surface area contributed by atoms with Crippen LogP contribution in [0.3, 0.4) is 0 Å². The number of nitrogens with zero attached hydrogens (tertiary/aromatic N) is 2. The number of alkyl halides is 3. The topological polar surface area (TPSA) is 64.0 Å². The van der Waals surface area contributed by atoms with Crippen LogP contribution in [-0.2, 0) is 6.54 Å². The van der Waals surface area contributed by atoms with E-state index in [-0.39, 0.29) is 16.7 Å². The third kappa shape index (κ3) is 8.05. The third-order valence-electron chi connectivity index (χ3n) is 6.37. The zero-order valence-corrected chi connectivity index (χ0v) is 23.6. The number of benzene rings is 3. The number of anilines is 2. The SMILES string of the molecule is CC.CCCC.CN1CCN(c2ccccc2)c2cc(F)c(-c3cc(C(=O)O)ccc3C(O)C(F)(F)F)cc2C1. The van der Waals surface area contributed by atoms with Gasteiger partial charge in [0.15, 0.2) is 6.10 Å². The van der Waals surface area contributed by atoms with Gasteiger partial charge in [-0.05, 0) is 60.1 Å². The molecule has 0 aliphatic carbocycles. The number of hydrogen-bond acceptors (Lipinski definition) is 4. The van der Waals surface area contributed by atoms with Crippen LogP contribution in [0.2, 0.25) is 0 Å². The second kappa shape index (κ2) is 14.8. The van der Waals surface area contributed by atoms with Crippen LogP contribution in [0.5, 0.6) is 0 Å². The Morgan fingerprint density at radius 2 is 1.57 bits per heavy atom. The highest BCUT2D eigenvalue weighted by Crippen LogP contribution is 2.41. The molecule has 9 heteroatoms. The van der Waals surface area contributed by atoms with Crippen molar-refractivity contribution in [2.24, 2.45) is 0 Å². The summed E-state index contributed by atoms with van der Waals surface area (Å²) >= 11 is 0. The van der Waals surface area contributed by atoms with E-state index < -0.39 is 29.6 Å². The Bertz CT molecular complexity index is 1250. The number of carboxylic acid groups (broad SMARTS) is 1. The minimum Gasteiger partial charge on any atom is -0.478 e. The summed E-state index contributed by atoms with van der Waals surface area (Å²) < 4.78 is 55.5. The normalized spacial score (nSPS) is 14.1. The van der Waals surface area contributed by atoms with Gasteiger partial charge in [0, 0.05) is 36.6 Å². The number of likely N-dealkylation sites (N-methyl/N-ethyl adjacent to an activating group) is 1. The van der Waals surface area contributed by atoms with Gasteiger partial charge in [-0.1, -0.05) is 64.8 Å². The molecule has 4 rings (SSSR count). The Kier molecular flexibility index (Phi) is 12.1. The van der Waals surface area contributed by atoms with E-state index in [1.54, 1.807) is 0 Å². The fraction of sp³-hybridized carbons (Fsp3) is 0.387. The molecule has 1 aliphatic heterocycles. The summed E-state index contributed by atoms with van der Waals surface area (Å²) in [4.78, 5) is 15.4. The van der Waals surface area contributed by atoms with Crippen LogP contribution in [0.25, 0.3) is 11.1 Å². The molecule has 2 N–H and O–H groups in total. The van der Waals surface area contributed by atoms with Crippen LogP contribution < -0.4 is 4.90 Å². The third-order valence-corrected chi connectivity index (χ3v) is 6.37. The summed E-state index contributed by atoms with van der Waals surface area (Å²) in [6.45, 7) is 9.99. The van der Waals surface area contributed by atoms with E-state index in [9.17, 15) is 28.2 Å². The molecule has 0 saturated heterocycles. The number of carbonyl (C=O) groups is 1.